The molecule has 1 aliphatic rings. The van der Waals surface area contributed by atoms with E-state index in [1.54, 1.807) is 7.11 Å². The second kappa shape index (κ2) is 7.26. The number of rotatable bonds is 5. The van der Waals surface area contributed by atoms with Gasteiger partial charge in [-0.25, -0.2) is 0 Å². The van der Waals surface area contributed by atoms with Gasteiger partial charge in [-0.2, -0.15) is 0 Å². The van der Waals surface area contributed by atoms with Gasteiger partial charge in [0.1, 0.15) is 5.75 Å². The van der Waals surface area contributed by atoms with E-state index in [9.17, 15) is 4.79 Å². The molecule has 0 spiro atoms. The number of methoxy groups -OCH3 is 1. The van der Waals surface area contributed by atoms with Crippen LogP contribution in [-0.4, -0.2) is 44.1 Å². The van der Waals surface area contributed by atoms with E-state index >= 15 is 0 Å². The Morgan fingerprint density at radius 1 is 1.45 bits per heavy atom. The molecule has 1 amide bonds. The largest absolute Gasteiger partial charge is 0.497 e. The number of nitrogens with two attached hydrogens (primary N) is 1. The van der Waals surface area contributed by atoms with Gasteiger partial charge in [0.15, 0.2) is 0 Å². The quantitative estimate of drug-likeness (QED) is 0.851. The minimum atomic E-state index is 0.0211. The number of anilines is 1. The Kier molecular flexibility index (Phi) is 5.38. The molecule has 5 nitrogen and oxygen atoms in total. The smallest absolute Gasteiger partial charge is 0.238 e. The number of nitrogens with zero attached hydrogens (tertiary/aromatic N) is 1. The highest BCUT2D eigenvalue weighted by Crippen LogP contribution is 2.16. The van der Waals surface area contributed by atoms with E-state index in [-0.39, 0.29) is 5.91 Å². The van der Waals surface area contributed by atoms with Crippen molar-refractivity contribution < 1.29 is 9.53 Å². The molecule has 0 saturated carbocycles. The summed E-state index contributed by atoms with van der Waals surface area (Å²) in [4.78, 5) is 14.2. The zero-order valence-corrected chi connectivity index (χ0v) is 12.0. The van der Waals surface area contributed by atoms with E-state index in [0.717, 1.165) is 30.9 Å². The first kappa shape index (κ1) is 14.8. The molecule has 3 N–H and O–H groups in total. The molecule has 5 heteroatoms. The van der Waals surface area contributed by atoms with Crippen LogP contribution in [0.5, 0.6) is 5.75 Å². The third-order valence-corrected chi connectivity index (χ3v) is 3.68. The summed E-state index contributed by atoms with van der Waals surface area (Å²) < 4.78 is 5.09. The van der Waals surface area contributed by atoms with Crippen molar-refractivity contribution in [1.82, 2.24) is 4.90 Å². The van der Waals surface area contributed by atoms with Crippen molar-refractivity contribution in [1.29, 1.82) is 0 Å². The van der Waals surface area contributed by atoms with Gasteiger partial charge in [-0.05, 0) is 56.1 Å². The van der Waals surface area contributed by atoms with Crippen LogP contribution in [0.3, 0.4) is 0 Å². The predicted molar refractivity (Wildman–Crippen MR) is 79.8 cm³/mol. The topological polar surface area (TPSA) is 67.6 Å². The Hall–Kier alpha value is -1.59. The Morgan fingerprint density at radius 2 is 2.20 bits per heavy atom. The number of carbonyl (C=O) groups excluding carboxylic acids is 1. The third kappa shape index (κ3) is 4.21. The van der Waals surface area contributed by atoms with Gasteiger partial charge >= 0.3 is 0 Å². The van der Waals surface area contributed by atoms with Crippen molar-refractivity contribution in [3.63, 3.8) is 0 Å². The van der Waals surface area contributed by atoms with Crippen LogP contribution >= 0.6 is 0 Å². The summed E-state index contributed by atoms with van der Waals surface area (Å²) in [5, 5.41) is 2.91. The Morgan fingerprint density at radius 3 is 2.85 bits per heavy atom. The molecule has 0 aliphatic carbocycles. The van der Waals surface area contributed by atoms with Crippen LogP contribution in [0.15, 0.2) is 24.3 Å². The second-order valence-electron chi connectivity index (χ2n) is 5.26. The maximum Gasteiger partial charge on any atom is 0.238 e. The Bertz CT molecular complexity index is 433. The fraction of sp³-hybridized carbons (Fsp3) is 0.533. The van der Waals surface area contributed by atoms with Gasteiger partial charge < -0.3 is 15.8 Å². The van der Waals surface area contributed by atoms with Crippen molar-refractivity contribution in [2.75, 3.05) is 38.6 Å². The molecule has 20 heavy (non-hydrogen) atoms. The van der Waals surface area contributed by atoms with Gasteiger partial charge in [-0.3, -0.25) is 9.69 Å². The van der Waals surface area contributed by atoms with E-state index in [0.29, 0.717) is 19.0 Å². The molecule has 1 aromatic rings. The van der Waals surface area contributed by atoms with Gasteiger partial charge in [0.05, 0.1) is 13.7 Å². The number of hydrogen-bond donors (Lipinski definition) is 2. The summed E-state index contributed by atoms with van der Waals surface area (Å²) in [5.41, 5.74) is 6.50. The average Bonchev–Trinajstić information content (AvgIpc) is 2.48. The predicted octanol–water partition coefficient (Wildman–Crippen LogP) is 1.30. The first-order valence-electron chi connectivity index (χ1n) is 7.07. The molecule has 1 aromatic carbocycles. The maximum absolute atomic E-state index is 12.0. The van der Waals surface area contributed by atoms with E-state index in [2.05, 4.69) is 10.2 Å². The van der Waals surface area contributed by atoms with Crippen LogP contribution in [0.2, 0.25) is 0 Å². The molecule has 1 fully saturated rings. The number of ether oxygens (including phenoxy) is 1. The van der Waals surface area contributed by atoms with Crippen LogP contribution in [0.1, 0.15) is 12.8 Å². The molecule has 2 rings (SSSR count). The fourth-order valence-electron chi connectivity index (χ4n) is 2.57. The van der Waals surface area contributed by atoms with Gasteiger partial charge in [0.25, 0.3) is 0 Å². The van der Waals surface area contributed by atoms with Crippen molar-refractivity contribution in [3.8, 4) is 5.75 Å². The van der Waals surface area contributed by atoms with E-state index in [1.807, 2.05) is 24.3 Å². The third-order valence-electron chi connectivity index (χ3n) is 3.68. The number of benzene rings is 1. The second-order valence-corrected chi connectivity index (χ2v) is 5.26. The number of hydrogen-bond acceptors (Lipinski definition) is 4. The van der Waals surface area contributed by atoms with Gasteiger partial charge in [0.2, 0.25) is 5.91 Å². The summed E-state index contributed by atoms with van der Waals surface area (Å²) >= 11 is 0. The van der Waals surface area contributed by atoms with Crippen LogP contribution in [0.25, 0.3) is 0 Å². The SMILES string of the molecule is COc1ccc(NC(=O)CN2CCCC(CN)C2)cc1. The standard InChI is InChI=1S/C15H23N3O2/c1-20-14-6-4-13(5-7-14)17-15(19)11-18-8-2-3-12(9-16)10-18/h4-7,12H,2-3,8-11,16H2,1H3,(H,17,19). The fourth-order valence-corrected chi connectivity index (χ4v) is 2.57. The molecule has 1 unspecified atom stereocenters. The number of amides is 1. The lowest BCUT2D eigenvalue weighted by atomic mass is 9.98. The van der Waals surface area contributed by atoms with Crippen molar-refractivity contribution >= 4 is 11.6 Å². The van der Waals surface area contributed by atoms with E-state index in [1.165, 1.54) is 6.42 Å². The van der Waals surface area contributed by atoms with Crippen LogP contribution in [0.4, 0.5) is 5.69 Å². The molecule has 0 aromatic heterocycles. The average molecular weight is 277 g/mol. The first-order valence-corrected chi connectivity index (χ1v) is 7.07. The normalized spacial score (nSPS) is 19.6. The zero-order chi connectivity index (χ0) is 14.4. The molecule has 1 aliphatic heterocycles. The minimum absolute atomic E-state index is 0.0211. The highest BCUT2D eigenvalue weighted by atomic mass is 16.5. The number of carbonyl (C=O) groups is 1. The first-order chi connectivity index (χ1) is 9.71. The zero-order valence-electron chi connectivity index (χ0n) is 12.0. The van der Waals surface area contributed by atoms with Crippen LogP contribution in [-0.2, 0) is 4.79 Å². The van der Waals surface area contributed by atoms with Crippen molar-refractivity contribution in [2.45, 2.75) is 12.8 Å². The van der Waals surface area contributed by atoms with Crippen LogP contribution < -0.4 is 15.8 Å². The molecule has 1 heterocycles. The number of nitrogens with one attached hydrogen (secondary N) is 1. The molecule has 1 saturated heterocycles. The highest BCUT2D eigenvalue weighted by molar-refractivity contribution is 5.92. The van der Waals surface area contributed by atoms with Gasteiger partial charge in [-0.15, -0.1) is 0 Å². The van der Waals surface area contributed by atoms with Crippen molar-refractivity contribution in [3.05, 3.63) is 24.3 Å². The maximum atomic E-state index is 12.0. The lowest BCUT2D eigenvalue weighted by Gasteiger charge is -2.31. The molecule has 1 atom stereocenters. The number of likely N-dealkylation sites (tertiary alicyclic amines) is 1. The van der Waals surface area contributed by atoms with E-state index < -0.39 is 0 Å². The lowest BCUT2D eigenvalue weighted by molar-refractivity contribution is -0.117. The summed E-state index contributed by atoms with van der Waals surface area (Å²) in [5.74, 6) is 1.33. The molecule has 0 bridgehead atoms. The molecule has 110 valence electrons. The molecule has 0 radical (unpaired) electrons. The van der Waals surface area contributed by atoms with Crippen molar-refractivity contribution in [2.24, 2.45) is 11.7 Å². The monoisotopic (exact) mass is 277 g/mol. The Balaban J connectivity index is 1.82. The highest BCUT2D eigenvalue weighted by Gasteiger charge is 2.20. The van der Waals surface area contributed by atoms with E-state index in [4.69, 9.17) is 10.5 Å². The summed E-state index contributed by atoms with van der Waals surface area (Å²) in [6.07, 6.45) is 2.30. The summed E-state index contributed by atoms with van der Waals surface area (Å²) in [6.45, 7) is 3.04. The Labute approximate surface area is 120 Å². The van der Waals surface area contributed by atoms with Crippen LogP contribution in [0, 0.1) is 5.92 Å². The summed E-state index contributed by atoms with van der Waals surface area (Å²) in [6, 6.07) is 7.35. The molecular formula is C15H23N3O2. The lowest BCUT2D eigenvalue weighted by Crippen LogP contribution is -2.42. The summed E-state index contributed by atoms with van der Waals surface area (Å²) in [7, 11) is 1.62. The van der Waals surface area contributed by atoms with Gasteiger partial charge in [-0.1, -0.05) is 0 Å². The molecular weight excluding hydrogens is 254 g/mol. The van der Waals surface area contributed by atoms with Gasteiger partial charge in [0, 0.05) is 12.2 Å². The number of piperidine rings is 1. The minimum Gasteiger partial charge on any atom is -0.497 e.